The van der Waals surface area contributed by atoms with E-state index in [-0.39, 0.29) is 17.1 Å². The Hall–Kier alpha value is -1.13. The van der Waals surface area contributed by atoms with Gasteiger partial charge in [0.25, 0.3) is 5.91 Å². The van der Waals surface area contributed by atoms with Gasteiger partial charge in [0.2, 0.25) is 0 Å². The molecule has 0 aromatic carbocycles. The Kier molecular flexibility index (Phi) is 3.97. The lowest BCUT2D eigenvalue weighted by Gasteiger charge is -2.35. The quantitative estimate of drug-likeness (QED) is 0.816. The first-order valence-corrected chi connectivity index (χ1v) is 6.23. The van der Waals surface area contributed by atoms with Crippen LogP contribution < -0.4 is 5.73 Å². The van der Waals surface area contributed by atoms with Gasteiger partial charge in [-0.2, -0.15) is 0 Å². The Bertz CT molecular complexity index is 410. The number of amides is 1. The van der Waals surface area contributed by atoms with Crippen LogP contribution in [0.5, 0.6) is 0 Å². The fraction of sp³-hybridized carbons (Fsp3) is 0.500. The Balaban J connectivity index is 2.21. The monoisotopic (exact) mass is 253 g/mol. The van der Waals surface area contributed by atoms with Gasteiger partial charge >= 0.3 is 0 Å². The number of aromatic nitrogens is 1. The van der Waals surface area contributed by atoms with Crippen LogP contribution in [0.1, 0.15) is 29.6 Å². The molecule has 1 amide bonds. The van der Waals surface area contributed by atoms with Gasteiger partial charge in [0.1, 0.15) is 5.15 Å². The minimum atomic E-state index is -0.0572. The molecule has 2 heterocycles. The summed E-state index contributed by atoms with van der Waals surface area (Å²) < 4.78 is 0. The van der Waals surface area contributed by atoms with E-state index in [1.165, 1.54) is 0 Å². The number of carbonyl (C=O) groups is 1. The molecule has 0 bridgehead atoms. The minimum Gasteiger partial charge on any atom is -0.334 e. The second-order valence-electron chi connectivity index (χ2n) is 4.23. The van der Waals surface area contributed by atoms with Crippen molar-refractivity contribution >= 4 is 17.5 Å². The van der Waals surface area contributed by atoms with Crippen molar-refractivity contribution in [2.45, 2.75) is 25.3 Å². The van der Waals surface area contributed by atoms with Crippen molar-refractivity contribution < 1.29 is 4.79 Å². The first-order valence-electron chi connectivity index (χ1n) is 5.85. The first kappa shape index (κ1) is 12.3. The molecule has 0 aliphatic carbocycles. The van der Waals surface area contributed by atoms with Crippen LogP contribution in [-0.2, 0) is 0 Å². The summed E-state index contributed by atoms with van der Waals surface area (Å²) in [6.07, 6.45) is 4.71. The number of rotatable bonds is 2. The Morgan fingerprint density at radius 3 is 3.12 bits per heavy atom. The smallest absolute Gasteiger partial charge is 0.257 e. The molecule has 1 unspecified atom stereocenters. The minimum absolute atomic E-state index is 0.0572. The molecule has 0 saturated carbocycles. The summed E-state index contributed by atoms with van der Waals surface area (Å²) in [6.45, 7) is 1.26. The molecular weight excluding hydrogens is 238 g/mol. The number of halogens is 1. The van der Waals surface area contributed by atoms with Crippen LogP contribution in [0, 0.1) is 0 Å². The number of pyridine rings is 1. The molecular formula is C12H16ClN3O. The van der Waals surface area contributed by atoms with Gasteiger partial charge < -0.3 is 10.6 Å². The van der Waals surface area contributed by atoms with E-state index >= 15 is 0 Å². The standard InChI is InChI=1S/C12H16ClN3O/c13-11-10(5-3-6-15-11)12(17)16-7-2-1-4-9(16)8-14/h3,5-6,9H,1-2,4,7-8,14H2. The molecule has 1 aromatic rings. The van der Waals surface area contributed by atoms with E-state index in [0.717, 1.165) is 25.8 Å². The van der Waals surface area contributed by atoms with Crippen LogP contribution >= 0.6 is 11.6 Å². The number of likely N-dealkylation sites (tertiary alicyclic amines) is 1. The van der Waals surface area contributed by atoms with Gasteiger partial charge in [-0.15, -0.1) is 0 Å². The second-order valence-corrected chi connectivity index (χ2v) is 4.58. The zero-order valence-corrected chi connectivity index (χ0v) is 10.4. The maximum Gasteiger partial charge on any atom is 0.257 e. The Labute approximate surface area is 106 Å². The molecule has 1 aliphatic heterocycles. The zero-order valence-electron chi connectivity index (χ0n) is 9.60. The third-order valence-electron chi connectivity index (χ3n) is 3.15. The predicted octanol–water partition coefficient (Wildman–Crippen LogP) is 1.69. The summed E-state index contributed by atoms with van der Waals surface area (Å²) in [5, 5.41) is 0.263. The van der Waals surface area contributed by atoms with E-state index in [1.807, 2.05) is 4.90 Å². The normalized spacial score (nSPS) is 20.4. The Morgan fingerprint density at radius 2 is 2.41 bits per heavy atom. The van der Waals surface area contributed by atoms with Gasteiger partial charge in [-0.3, -0.25) is 4.79 Å². The van der Waals surface area contributed by atoms with Crippen molar-refractivity contribution in [3.8, 4) is 0 Å². The summed E-state index contributed by atoms with van der Waals surface area (Å²) in [7, 11) is 0. The lowest BCUT2D eigenvalue weighted by Crippen LogP contribution is -2.47. The lowest BCUT2D eigenvalue weighted by atomic mass is 10.0. The third kappa shape index (κ3) is 2.58. The fourth-order valence-corrected chi connectivity index (χ4v) is 2.41. The van der Waals surface area contributed by atoms with Crippen LogP contribution in [0.25, 0.3) is 0 Å². The summed E-state index contributed by atoms with van der Waals surface area (Å²) in [6, 6.07) is 3.56. The molecule has 1 atom stereocenters. The Morgan fingerprint density at radius 1 is 1.59 bits per heavy atom. The van der Waals surface area contributed by atoms with E-state index in [2.05, 4.69) is 4.98 Å². The average Bonchev–Trinajstić information content (AvgIpc) is 2.38. The molecule has 2 rings (SSSR count). The first-order chi connectivity index (χ1) is 8.24. The molecule has 1 fully saturated rings. The highest BCUT2D eigenvalue weighted by Crippen LogP contribution is 2.21. The van der Waals surface area contributed by atoms with Crippen molar-refractivity contribution in [2.24, 2.45) is 5.73 Å². The van der Waals surface area contributed by atoms with Crippen LogP contribution in [0.4, 0.5) is 0 Å². The molecule has 0 radical (unpaired) electrons. The van der Waals surface area contributed by atoms with E-state index in [0.29, 0.717) is 12.1 Å². The molecule has 2 N–H and O–H groups in total. The third-order valence-corrected chi connectivity index (χ3v) is 3.45. The highest BCUT2D eigenvalue weighted by atomic mass is 35.5. The van der Waals surface area contributed by atoms with Gasteiger partial charge in [-0.1, -0.05) is 11.6 Å². The van der Waals surface area contributed by atoms with Crippen LogP contribution in [0.15, 0.2) is 18.3 Å². The molecule has 4 nitrogen and oxygen atoms in total. The van der Waals surface area contributed by atoms with Gasteiger partial charge in [-0.05, 0) is 31.4 Å². The van der Waals surface area contributed by atoms with Crippen molar-refractivity contribution in [1.29, 1.82) is 0 Å². The molecule has 92 valence electrons. The van der Waals surface area contributed by atoms with Gasteiger partial charge in [0.15, 0.2) is 0 Å². The number of hydrogen-bond donors (Lipinski definition) is 1. The van der Waals surface area contributed by atoms with Crippen molar-refractivity contribution in [2.75, 3.05) is 13.1 Å². The van der Waals surface area contributed by atoms with E-state index in [1.54, 1.807) is 18.3 Å². The number of carbonyl (C=O) groups excluding carboxylic acids is 1. The topological polar surface area (TPSA) is 59.2 Å². The molecule has 5 heteroatoms. The average molecular weight is 254 g/mol. The largest absolute Gasteiger partial charge is 0.334 e. The van der Waals surface area contributed by atoms with Gasteiger partial charge in [0, 0.05) is 25.3 Å². The lowest BCUT2D eigenvalue weighted by molar-refractivity contribution is 0.0623. The molecule has 1 aromatic heterocycles. The summed E-state index contributed by atoms with van der Waals surface area (Å²) in [4.78, 5) is 18.1. The molecule has 1 aliphatic rings. The maximum absolute atomic E-state index is 12.3. The number of nitrogens with two attached hydrogens (primary N) is 1. The van der Waals surface area contributed by atoms with Gasteiger partial charge in [0.05, 0.1) is 5.56 Å². The molecule has 0 spiro atoms. The summed E-state index contributed by atoms with van der Waals surface area (Å²) >= 11 is 5.94. The van der Waals surface area contributed by atoms with E-state index in [4.69, 9.17) is 17.3 Å². The number of piperidine rings is 1. The van der Waals surface area contributed by atoms with E-state index in [9.17, 15) is 4.79 Å². The van der Waals surface area contributed by atoms with Crippen LogP contribution in [-0.4, -0.2) is 34.9 Å². The van der Waals surface area contributed by atoms with Crippen molar-refractivity contribution in [3.05, 3.63) is 29.0 Å². The fourth-order valence-electron chi connectivity index (χ4n) is 2.21. The summed E-state index contributed by atoms with van der Waals surface area (Å²) in [5.74, 6) is -0.0572. The number of hydrogen-bond acceptors (Lipinski definition) is 3. The van der Waals surface area contributed by atoms with Crippen LogP contribution in [0.3, 0.4) is 0 Å². The van der Waals surface area contributed by atoms with E-state index < -0.39 is 0 Å². The number of nitrogens with zero attached hydrogens (tertiary/aromatic N) is 2. The second kappa shape index (κ2) is 5.47. The van der Waals surface area contributed by atoms with Crippen LogP contribution in [0.2, 0.25) is 5.15 Å². The maximum atomic E-state index is 12.3. The predicted molar refractivity (Wildman–Crippen MR) is 67.0 cm³/mol. The van der Waals surface area contributed by atoms with Crippen molar-refractivity contribution in [1.82, 2.24) is 9.88 Å². The van der Waals surface area contributed by atoms with Gasteiger partial charge in [-0.25, -0.2) is 4.98 Å². The van der Waals surface area contributed by atoms with Crippen molar-refractivity contribution in [3.63, 3.8) is 0 Å². The SMILES string of the molecule is NCC1CCCCN1C(=O)c1cccnc1Cl. The molecule has 17 heavy (non-hydrogen) atoms. The molecule has 1 saturated heterocycles. The summed E-state index contributed by atoms with van der Waals surface area (Å²) in [5.41, 5.74) is 6.17. The zero-order chi connectivity index (χ0) is 12.3. The highest BCUT2D eigenvalue weighted by molar-refractivity contribution is 6.32. The highest BCUT2D eigenvalue weighted by Gasteiger charge is 2.27.